The van der Waals surface area contributed by atoms with E-state index in [2.05, 4.69) is 4.90 Å². The molecule has 2 bridgehead atoms. The summed E-state index contributed by atoms with van der Waals surface area (Å²) in [5, 5.41) is 0. The van der Waals surface area contributed by atoms with Gasteiger partial charge in [-0.3, -0.25) is 4.90 Å². The van der Waals surface area contributed by atoms with Crippen molar-refractivity contribution in [3.63, 3.8) is 0 Å². The Bertz CT molecular complexity index is 304. The zero-order chi connectivity index (χ0) is 11.5. The molecule has 3 aliphatic carbocycles. The molecule has 2 nitrogen and oxygen atoms in total. The molecule has 0 spiro atoms. The summed E-state index contributed by atoms with van der Waals surface area (Å²) in [6.45, 7) is 3.68. The second-order valence-corrected chi connectivity index (χ2v) is 7.24. The average molecular weight is 234 g/mol. The number of rotatable bonds is 2. The first-order chi connectivity index (χ1) is 8.32. The Morgan fingerprint density at radius 2 is 1.82 bits per heavy atom. The van der Waals surface area contributed by atoms with Crippen LogP contribution in [0.25, 0.3) is 0 Å². The minimum absolute atomic E-state index is 0.438. The monoisotopic (exact) mass is 234 g/mol. The molecule has 3 saturated carbocycles. The molecule has 5 unspecified atom stereocenters. The first kappa shape index (κ1) is 10.8. The SMILES string of the molecule is NCC1(N2CC3CCCC3C2)CC2CCC1C2. The molecular weight excluding hydrogens is 208 g/mol. The van der Waals surface area contributed by atoms with Gasteiger partial charge in [-0.15, -0.1) is 0 Å². The number of nitrogens with two attached hydrogens (primary N) is 1. The molecule has 0 aromatic rings. The van der Waals surface area contributed by atoms with E-state index in [1.54, 1.807) is 0 Å². The molecule has 5 atom stereocenters. The van der Waals surface area contributed by atoms with Crippen LogP contribution in [0.5, 0.6) is 0 Å². The Morgan fingerprint density at radius 3 is 2.35 bits per heavy atom. The minimum Gasteiger partial charge on any atom is -0.329 e. The Labute approximate surface area is 105 Å². The summed E-state index contributed by atoms with van der Waals surface area (Å²) in [5.41, 5.74) is 6.68. The van der Waals surface area contributed by atoms with Crippen molar-refractivity contribution in [1.82, 2.24) is 4.90 Å². The van der Waals surface area contributed by atoms with E-state index in [9.17, 15) is 0 Å². The summed E-state index contributed by atoms with van der Waals surface area (Å²) in [6.07, 6.45) is 10.4. The van der Waals surface area contributed by atoms with Gasteiger partial charge < -0.3 is 5.73 Å². The fourth-order valence-electron chi connectivity index (χ4n) is 5.78. The molecule has 1 heterocycles. The molecule has 4 aliphatic rings. The number of fused-ring (bicyclic) bond motifs is 3. The van der Waals surface area contributed by atoms with Gasteiger partial charge in [0.1, 0.15) is 0 Å². The largest absolute Gasteiger partial charge is 0.329 e. The van der Waals surface area contributed by atoms with Gasteiger partial charge >= 0.3 is 0 Å². The van der Waals surface area contributed by atoms with Crippen molar-refractivity contribution in [2.45, 2.75) is 50.5 Å². The summed E-state index contributed by atoms with van der Waals surface area (Å²) in [6, 6.07) is 0. The topological polar surface area (TPSA) is 29.3 Å². The third-order valence-electron chi connectivity index (χ3n) is 6.65. The predicted octanol–water partition coefficient (Wildman–Crippen LogP) is 2.24. The van der Waals surface area contributed by atoms with Crippen LogP contribution < -0.4 is 5.73 Å². The van der Waals surface area contributed by atoms with Gasteiger partial charge in [-0.1, -0.05) is 12.8 Å². The van der Waals surface area contributed by atoms with Crippen molar-refractivity contribution < 1.29 is 0 Å². The van der Waals surface area contributed by atoms with Crippen LogP contribution >= 0.6 is 0 Å². The molecule has 2 N–H and O–H groups in total. The van der Waals surface area contributed by atoms with Crippen LogP contribution in [-0.2, 0) is 0 Å². The van der Waals surface area contributed by atoms with Crippen molar-refractivity contribution in [3.05, 3.63) is 0 Å². The lowest BCUT2D eigenvalue weighted by atomic mass is 9.79. The van der Waals surface area contributed by atoms with Gasteiger partial charge in [0.15, 0.2) is 0 Å². The van der Waals surface area contributed by atoms with E-state index in [-0.39, 0.29) is 0 Å². The van der Waals surface area contributed by atoms with Gasteiger partial charge in [0.05, 0.1) is 0 Å². The zero-order valence-electron chi connectivity index (χ0n) is 10.9. The van der Waals surface area contributed by atoms with E-state index < -0.39 is 0 Å². The van der Waals surface area contributed by atoms with E-state index in [1.165, 1.54) is 58.0 Å². The van der Waals surface area contributed by atoms with Gasteiger partial charge in [0.25, 0.3) is 0 Å². The van der Waals surface area contributed by atoms with E-state index in [1.807, 2.05) is 0 Å². The van der Waals surface area contributed by atoms with E-state index in [4.69, 9.17) is 5.73 Å². The Kier molecular flexibility index (Phi) is 2.36. The molecule has 17 heavy (non-hydrogen) atoms. The highest BCUT2D eigenvalue weighted by molar-refractivity contribution is 5.10. The predicted molar refractivity (Wildman–Crippen MR) is 69.6 cm³/mol. The molecule has 2 heteroatoms. The number of hydrogen-bond donors (Lipinski definition) is 1. The molecule has 1 aliphatic heterocycles. The van der Waals surface area contributed by atoms with Crippen LogP contribution in [-0.4, -0.2) is 30.1 Å². The second-order valence-electron chi connectivity index (χ2n) is 7.24. The first-order valence-electron chi connectivity index (χ1n) is 7.77. The van der Waals surface area contributed by atoms with Crippen LogP contribution in [0.3, 0.4) is 0 Å². The highest BCUT2D eigenvalue weighted by Crippen LogP contribution is 2.55. The van der Waals surface area contributed by atoms with Gasteiger partial charge in [-0.05, 0) is 55.8 Å². The van der Waals surface area contributed by atoms with Crippen LogP contribution in [0.4, 0.5) is 0 Å². The fraction of sp³-hybridized carbons (Fsp3) is 1.00. The van der Waals surface area contributed by atoms with Crippen molar-refractivity contribution in [2.75, 3.05) is 19.6 Å². The van der Waals surface area contributed by atoms with Crippen LogP contribution in [0.1, 0.15) is 44.9 Å². The van der Waals surface area contributed by atoms with Gasteiger partial charge in [-0.2, -0.15) is 0 Å². The zero-order valence-corrected chi connectivity index (χ0v) is 10.9. The summed E-state index contributed by atoms with van der Waals surface area (Å²) in [7, 11) is 0. The molecule has 4 fully saturated rings. The third kappa shape index (κ3) is 1.40. The Morgan fingerprint density at radius 1 is 1.06 bits per heavy atom. The van der Waals surface area contributed by atoms with Crippen molar-refractivity contribution in [1.29, 1.82) is 0 Å². The Balaban J connectivity index is 1.57. The lowest BCUT2D eigenvalue weighted by molar-refractivity contribution is 0.0562. The maximum atomic E-state index is 6.24. The minimum atomic E-state index is 0.438. The van der Waals surface area contributed by atoms with Gasteiger partial charge in [-0.25, -0.2) is 0 Å². The molecule has 4 rings (SSSR count). The summed E-state index contributed by atoms with van der Waals surface area (Å²) < 4.78 is 0. The van der Waals surface area contributed by atoms with Gasteiger partial charge in [0.2, 0.25) is 0 Å². The molecule has 0 aromatic heterocycles. The number of likely N-dealkylation sites (tertiary alicyclic amines) is 1. The van der Waals surface area contributed by atoms with Crippen LogP contribution in [0.15, 0.2) is 0 Å². The summed E-state index contributed by atoms with van der Waals surface area (Å²) >= 11 is 0. The highest BCUT2D eigenvalue weighted by Gasteiger charge is 2.55. The molecule has 0 amide bonds. The van der Waals surface area contributed by atoms with E-state index in [0.717, 1.165) is 30.2 Å². The first-order valence-corrected chi connectivity index (χ1v) is 7.77. The number of hydrogen-bond acceptors (Lipinski definition) is 2. The molecule has 96 valence electrons. The Hall–Kier alpha value is -0.0800. The maximum absolute atomic E-state index is 6.24. The number of nitrogens with zero attached hydrogens (tertiary/aromatic N) is 1. The van der Waals surface area contributed by atoms with Gasteiger partial charge in [0, 0.05) is 25.2 Å². The molecule has 0 aromatic carbocycles. The van der Waals surface area contributed by atoms with Crippen molar-refractivity contribution in [2.24, 2.45) is 29.4 Å². The summed E-state index contributed by atoms with van der Waals surface area (Å²) in [5.74, 6) is 4.01. The lowest BCUT2D eigenvalue weighted by Gasteiger charge is -2.45. The van der Waals surface area contributed by atoms with E-state index >= 15 is 0 Å². The molecule has 1 saturated heterocycles. The lowest BCUT2D eigenvalue weighted by Crippen LogP contribution is -2.56. The smallest absolute Gasteiger partial charge is 0.0362 e. The standard InChI is InChI=1S/C15H26N2/c16-10-15(7-11-4-5-14(15)6-11)17-8-12-2-1-3-13(12)9-17/h11-14H,1-10,16H2. The van der Waals surface area contributed by atoms with Crippen molar-refractivity contribution >= 4 is 0 Å². The third-order valence-corrected chi connectivity index (χ3v) is 6.65. The molecular formula is C15H26N2. The van der Waals surface area contributed by atoms with Crippen molar-refractivity contribution in [3.8, 4) is 0 Å². The van der Waals surface area contributed by atoms with Crippen LogP contribution in [0, 0.1) is 23.7 Å². The second kappa shape index (κ2) is 3.71. The summed E-state index contributed by atoms with van der Waals surface area (Å²) in [4.78, 5) is 2.85. The van der Waals surface area contributed by atoms with Crippen LogP contribution in [0.2, 0.25) is 0 Å². The maximum Gasteiger partial charge on any atom is 0.0362 e. The normalized spacial score (nSPS) is 53.5. The highest BCUT2D eigenvalue weighted by atomic mass is 15.2. The van der Waals surface area contributed by atoms with E-state index in [0.29, 0.717) is 5.54 Å². The molecule has 0 radical (unpaired) electrons. The average Bonchev–Trinajstić information content (AvgIpc) is 3.06. The quantitative estimate of drug-likeness (QED) is 0.794. The fourth-order valence-corrected chi connectivity index (χ4v) is 5.78.